The first kappa shape index (κ1) is 13.5. The van der Waals surface area contributed by atoms with E-state index in [1.807, 2.05) is 12.1 Å². The van der Waals surface area contributed by atoms with E-state index in [2.05, 4.69) is 11.4 Å². The van der Waals surface area contributed by atoms with Crippen LogP contribution >= 0.6 is 11.6 Å². The van der Waals surface area contributed by atoms with Gasteiger partial charge in [-0.25, -0.2) is 0 Å². The summed E-state index contributed by atoms with van der Waals surface area (Å²) in [6.45, 7) is 0.467. The van der Waals surface area contributed by atoms with Crippen molar-refractivity contribution in [1.29, 1.82) is 5.26 Å². The van der Waals surface area contributed by atoms with Gasteiger partial charge in [-0.1, -0.05) is 12.1 Å². The Kier molecular flexibility index (Phi) is 6.13. The molecule has 0 fully saturated rings. The molecule has 1 aromatic rings. The van der Waals surface area contributed by atoms with Gasteiger partial charge >= 0.3 is 0 Å². The summed E-state index contributed by atoms with van der Waals surface area (Å²) in [6, 6.07) is 9.29. The molecular weight excluding hydrogens is 236 g/mol. The van der Waals surface area contributed by atoms with Gasteiger partial charge in [-0.15, -0.1) is 11.6 Å². The topological polar surface area (TPSA) is 52.9 Å². The second kappa shape index (κ2) is 7.70. The van der Waals surface area contributed by atoms with Gasteiger partial charge < -0.3 is 5.32 Å². The second-order valence-corrected chi connectivity index (χ2v) is 4.11. The van der Waals surface area contributed by atoms with E-state index in [1.165, 1.54) is 0 Å². The molecule has 0 saturated carbocycles. The lowest BCUT2D eigenvalue weighted by atomic mass is 10.1. The van der Waals surface area contributed by atoms with Crippen LogP contribution in [-0.2, 0) is 11.3 Å². The first-order valence-corrected chi connectivity index (χ1v) is 6.11. The van der Waals surface area contributed by atoms with Crippen molar-refractivity contribution in [2.45, 2.75) is 25.8 Å². The molecule has 1 aromatic carbocycles. The molecule has 0 aliphatic rings. The van der Waals surface area contributed by atoms with E-state index in [4.69, 9.17) is 16.9 Å². The molecule has 0 saturated heterocycles. The van der Waals surface area contributed by atoms with Gasteiger partial charge in [0, 0.05) is 18.8 Å². The van der Waals surface area contributed by atoms with Gasteiger partial charge in [-0.3, -0.25) is 4.79 Å². The smallest absolute Gasteiger partial charge is 0.220 e. The number of amides is 1. The SMILES string of the molecule is N#Cc1cccc(CNC(=O)CCCCCl)c1. The minimum Gasteiger partial charge on any atom is -0.352 e. The molecular formula is C13H15ClN2O. The molecule has 0 atom stereocenters. The third-order valence-electron chi connectivity index (χ3n) is 2.33. The fourth-order valence-electron chi connectivity index (χ4n) is 1.42. The third-order valence-corrected chi connectivity index (χ3v) is 2.60. The number of hydrogen-bond acceptors (Lipinski definition) is 2. The van der Waals surface area contributed by atoms with E-state index in [-0.39, 0.29) is 5.91 Å². The zero-order valence-corrected chi connectivity index (χ0v) is 10.3. The molecule has 0 unspecified atom stereocenters. The normalized spacial score (nSPS) is 9.65. The highest BCUT2D eigenvalue weighted by Gasteiger charge is 2.01. The van der Waals surface area contributed by atoms with Crippen molar-refractivity contribution < 1.29 is 4.79 Å². The highest BCUT2D eigenvalue weighted by molar-refractivity contribution is 6.17. The van der Waals surface area contributed by atoms with Gasteiger partial charge in [-0.05, 0) is 30.5 Å². The molecule has 4 heteroatoms. The van der Waals surface area contributed by atoms with Gasteiger partial charge in [0.2, 0.25) is 5.91 Å². The molecule has 0 radical (unpaired) electrons. The fraction of sp³-hybridized carbons (Fsp3) is 0.385. The molecule has 0 aliphatic heterocycles. The summed E-state index contributed by atoms with van der Waals surface area (Å²) in [7, 11) is 0. The lowest BCUT2D eigenvalue weighted by Gasteiger charge is -2.05. The van der Waals surface area contributed by atoms with Crippen LogP contribution in [-0.4, -0.2) is 11.8 Å². The lowest BCUT2D eigenvalue weighted by molar-refractivity contribution is -0.121. The maximum Gasteiger partial charge on any atom is 0.220 e. The summed E-state index contributed by atoms with van der Waals surface area (Å²) < 4.78 is 0. The highest BCUT2D eigenvalue weighted by atomic mass is 35.5. The Balaban J connectivity index is 2.34. The maximum atomic E-state index is 11.4. The number of carbonyl (C=O) groups is 1. The second-order valence-electron chi connectivity index (χ2n) is 3.73. The third kappa shape index (κ3) is 5.37. The zero-order valence-electron chi connectivity index (χ0n) is 9.58. The van der Waals surface area contributed by atoms with Gasteiger partial charge in [0.1, 0.15) is 0 Å². The Hall–Kier alpha value is -1.53. The zero-order chi connectivity index (χ0) is 12.5. The highest BCUT2D eigenvalue weighted by Crippen LogP contribution is 2.04. The number of rotatable bonds is 6. The first-order chi connectivity index (χ1) is 8.26. The predicted molar refractivity (Wildman–Crippen MR) is 67.6 cm³/mol. The monoisotopic (exact) mass is 250 g/mol. The van der Waals surface area contributed by atoms with Crippen LogP contribution in [0.3, 0.4) is 0 Å². The Morgan fingerprint density at radius 3 is 2.94 bits per heavy atom. The Morgan fingerprint density at radius 1 is 1.41 bits per heavy atom. The van der Waals surface area contributed by atoms with Crippen molar-refractivity contribution in [1.82, 2.24) is 5.32 Å². The average Bonchev–Trinajstić information content (AvgIpc) is 2.37. The quantitative estimate of drug-likeness (QED) is 0.623. The minimum absolute atomic E-state index is 0.0254. The minimum atomic E-state index is 0.0254. The first-order valence-electron chi connectivity index (χ1n) is 5.58. The molecule has 0 aliphatic carbocycles. The molecule has 1 rings (SSSR count). The molecule has 0 bridgehead atoms. The van der Waals surface area contributed by atoms with Gasteiger partial charge in [-0.2, -0.15) is 5.26 Å². The van der Waals surface area contributed by atoms with Crippen LogP contribution in [0.1, 0.15) is 30.4 Å². The number of carbonyl (C=O) groups excluding carboxylic acids is 1. The maximum absolute atomic E-state index is 11.4. The molecule has 3 nitrogen and oxygen atoms in total. The molecule has 0 heterocycles. The number of nitriles is 1. The molecule has 90 valence electrons. The number of benzene rings is 1. The summed E-state index contributed by atoms with van der Waals surface area (Å²) >= 11 is 5.53. The van der Waals surface area contributed by atoms with Crippen molar-refractivity contribution >= 4 is 17.5 Å². The van der Waals surface area contributed by atoms with Crippen molar-refractivity contribution in [3.63, 3.8) is 0 Å². The van der Waals surface area contributed by atoms with Crippen molar-refractivity contribution in [3.05, 3.63) is 35.4 Å². The van der Waals surface area contributed by atoms with Gasteiger partial charge in [0.25, 0.3) is 0 Å². The van der Waals surface area contributed by atoms with E-state index in [0.717, 1.165) is 18.4 Å². The largest absolute Gasteiger partial charge is 0.352 e. The Morgan fingerprint density at radius 2 is 2.24 bits per heavy atom. The Bertz CT molecular complexity index is 412. The van der Waals surface area contributed by atoms with Gasteiger partial charge in [0.05, 0.1) is 11.6 Å². The average molecular weight is 251 g/mol. The van der Waals surface area contributed by atoms with E-state index in [0.29, 0.717) is 24.4 Å². The van der Waals surface area contributed by atoms with Crippen LogP contribution in [0.5, 0.6) is 0 Å². The molecule has 0 spiro atoms. The lowest BCUT2D eigenvalue weighted by Crippen LogP contribution is -2.22. The summed E-state index contributed by atoms with van der Waals surface area (Å²) in [5.41, 5.74) is 1.55. The van der Waals surface area contributed by atoms with E-state index in [1.54, 1.807) is 12.1 Å². The van der Waals surface area contributed by atoms with Gasteiger partial charge in [0.15, 0.2) is 0 Å². The summed E-state index contributed by atoms with van der Waals surface area (Å²) in [4.78, 5) is 11.4. The van der Waals surface area contributed by atoms with Crippen LogP contribution in [0.4, 0.5) is 0 Å². The number of halogens is 1. The standard InChI is InChI=1S/C13H15ClN2O/c14-7-2-1-6-13(17)16-10-12-5-3-4-11(8-12)9-15/h3-5,8H,1-2,6-7,10H2,(H,16,17). The van der Waals surface area contributed by atoms with Crippen LogP contribution in [0.2, 0.25) is 0 Å². The van der Waals surface area contributed by atoms with Crippen LogP contribution < -0.4 is 5.32 Å². The van der Waals surface area contributed by atoms with Crippen LogP contribution in [0, 0.1) is 11.3 Å². The molecule has 1 amide bonds. The molecule has 0 aromatic heterocycles. The predicted octanol–water partition coefficient (Wildman–Crippen LogP) is 2.58. The molecule has 17 heavy (non-hydrogen) atoms. The summed E-state index contributed by atoms with van der Waals surface area (Å²) in [5.74, 6) is 0.620. The number of nitrogens with one attached hydrogen (secondary N) is 1. The number of nitrogens with zero attached hydrogens (tertiary/aromatic N) is 1. The number of hydrogen-bond donors (Lipinski definition) is 1. The van der Waals surface area contributed by atoms with Crippen LogP contribution in [0.25, 0.3) is 0 Å². The van der Waals surface area contributed by atoms with E-state index in [9.17, 15) is 4.79 Å². The van der Waals surface area contributed by atoms with Crippen molar-refractivity contribution in [3.8, 4) is 6.07 Å². The number of alkyl halides is 1. The molecule has 1 N–H and O–H groups in total. The van der Waals surface area contributed by atoms with Crippen LogP contribution in [0.15, 0.2) is 24.3 Å². The van der Waals surface area contributed by atoms with Crippen molar-refractivity contribution in [2.24, 2.45) is 0 Å². The van der Waals surface area contributed by atoms with E-state index < -0.39 is 0 Å². The summed E-state index contributed by atoms with van der Waals surface area (Å²) in [6.07, 6.45) is 2.18. The number of unbranched alkanes of at least 4 members (excludes halogenated alkanes) is 1. The Labute approximate surface area is 106 Å². The van der Waals surface area contributed by atoms with Crippen molar-refractivity contribution in [2.75, 3.05) is 5.88 Å². The fourth-order valence-corrected chi connectivity index (χ4v) is 1.61. The van der Waals surface area contributed by atoms with E-state index >= 15 is 0 Å². The summed E-state index contributed by atoms with van der Waals surface area (Å²) in [5, 5.41) is 11.6.